The highest BCUT2D eigenvalue weighted by atomic mass is 15.3. The van der Waals surface area contributed by atoms with E-state index in [4.69, 9.17) is 11.1 Å². The maximum absolute atomic E-state index is 8.79. The molecule has 0 unspecified atom stereocenters. The number of hydrogen-bond donors (Lipinski definition) is 2. The summed E-state index contributed by atoms with van der Waals surface area (Å²) >= 11 is 0. The molecule has 0 aliphatic carbocycles. The van der Waals surface area contributed by atoms with Gasteiger partial charge in [-0.05, 0) is 31.2 Å². The van der Waals surface area contributed by atoms with Gasteiger partial charge in [0.15, 0.2) is 0 Å². The second-order valence-electron chi connectivity index (χ2n) is 4.03. The molecule has 2 aromatic rings. The van der Waals surface area contributed by atoms with Crippen molar-refractivity contribution in [2.75, 3.05) is 17.4 Å². The molecule has 0 fully saturated rings. The Morgan fingerprint density at radius 2 is 1.95 bits per heavy atom. The Labute approximate surface area is 111 Å². The van der Waals surface area contributed by atoms with Crippen LogP contribution in [0.15, 0.2) is 30.6 Å². The fourth-order valence-corrected chi connectivity index (χ4v) is 1.81. The second kappa shape index (κ2) is 5.33. The van der Waals surface area contributed by atoms with Crippen molar-refractivity contribution in [1.29, 1.82) is 5.26 Å². The maximum atomic E-state index is 8.79. The van der Waals surface area contributed by atoms with Crippen molar-refractivity contribution in [1.82, 2.24) is 9.97 Å². The van der Waals surface area contributed by atoms with Crippen LogP contribution in [0, 0.1) is 18.3 Å². The fourth-order valence-electron chi connectivity index (χ4n) is 1.81. The molecular weight excluding hydrogens is 240 g/mol. The highest BCUT2D eigenvalue weighted by Gasteiger charge is 2.11. The third-order valence-corrected chi connectivity index (χ3v) is 2.90. The molecule has 0 atom stereocenters. The predicted octanol–water partition coefficient (Wildman–Crippen LogP) is 1.71. The molecule has 0 amide bonds. The van der Waals surface area contributed by atoms with Crippen LogP contribution in [0.3, 0.4) is 0 Å². The molecule has 0 bridgehead atoms. The van der Waals surface area contributed by atoms with Crippen molar-refractivity contribution in [3.63, 3.8) is 0 Å². The molecule has 0 aliphatic heterocycles. The Balaban J connectivity index is 2.38. The Morgan fingerprint density at radius 1 is 1.26 bits per heavy atom. The number of anilines is 3. The molecule has 0 spiro atoms. The van der Waals surface area contributed by atoms with E-state index in [2.05, 4.69) is 21.5 Å². The monoisotopic (exact) mass is 254 g/mol. The van der Waals surface area contributed by atoms with Gasteiger partial charge in [-0.25, -0.2) is 15.8 Å². The summed E-state index contributed by atoms with van der Waals surface area (Å²) in [5, 5.41) is 8.79. The van der Waals surface area contributed by atoms with Crippen LogP contribution in [0.5, 0.6) is 0 Å². The van der Waals surface area contributed by atoms with Crippen molar-refractivity contribution < 1.29 is 0 Å². The van der Waals surface area contributed by atoms with Gasteiger partial charge in [0, 0.05) is 18.3 Å². The van der Waals surface area contributed by atoms with E-state index in [1.54, 1.807) is 12.1 Å². The van der Waals surface area contributed by atoms with E-state index >= 15 is 0 Å². The lowest BCUT2D eigenvalue weighted by atomic mass is 10.2. The first-order valence-electron chi connectivity index (χ1n) is 5.69. The Morgan fingerprint density at radius 3 is 2.53 bits per heavy atom. The van der Waals surface area contributed by atoms with Gasteiger partial charge in [0.2, 0.25) is 0 Å². The number of benzene rings is 1. The summed E-state index contributed by atoms with van der Waals surface area (Å²) in [5.41, 5.74) is 4.96. The van der Waals surface area contributed by atoms with Gasteiger partial charge >= 0.3 is 0 Å². The van der Waals surface area contributed by atoms with Crippen LogP contribution in [0.1, 0.15) is 11.1 Å². The van der Waals surface area contributed by atoms with Crippen LogP contribution in [0.2, 0.25) is 0 Å². The smallest absolute Gasteiger partial charge is 0.148 e. The summed E-state index contributed by atoms with van der Waals surface area (Å²) in [5.74, 6) is 6.75. The third-order valence-electron chi connectivity index (χ3n) is 2.90. The van der Waals surface area contributed by atoms with Crippen LogP contribution in [0.25, 0.3) is 0 Å². The first-order valence-corrected chi connectivity index (χ1v) is 5.69. The average molecular weight is 254 g/mol. The zero-order valence-corrected chi connectivity index (χ0v) is 10.8. The minimum absolute atomic E-state index is 0.588. The van der Waals surface area contributed by atoms with Crippen LogP contribution in [-0.4, -0.2) is 17.0 Å². The van der Waals surface area contributed by atoms with Gasteiger partial charge < -0.3 is 10.3 Å². The minimum atomic E-state index is 0.588. The number of hydrogen-bond acceptors (Lipinski definition) is 6. The zero-order chi connectivity index (χ0) is 13.8. The number of nitrogens with two attached hydrogens (primary N) is 1. The second-order valence-corrected chi connectivity index (χ2v) is 4.03. The lowest BCUT2D eigenvalue weighted by Gasteiger charge is -2.21. The van der Waals surface area contributed by atoms with Gasteiger partial charge in [0.05, 0.1) is 11.6 Å². The summed E-state index contributed by atoms with van der Waals surface area (Å²) in [7, 11) is 1.90. The topological polar surface area (TPSA) is 90.9 Å². The van der Waals surface area contributed by atoms with Crippen LogP contribution in [-0.2, 0) is 0 Å². The summed E-state index contributed by atoms with van der Waals surface area (Å²) in [6, 6.07) is 9.37. The van der Waals surface area contributed by atoms with Crippen molar-refractivity contribution in [2.24, 2.45) is 5.84 Å². The first-order chi connectivity index (χ1) is 9.17. The van der Waals surface area contributed by atoms with Gasteiger partial charge in [0.1, 0.15) is 18.0 Å². The molecule has 0 saturated heterocycles. The molecule has 19 heavy (non-hydrogen) atoms. The van der Waals surface area contributed by atoms with Gasteiger partial charge in [-0.1, -0.05) is 0 Å². The molecule has 0 radical (unpaired) electrons. The lowest BCUT2D eigenvalue weighted by molar-refractivity contribution is 1.04. The highest BCUT2D eigenvalue weighted by Crippen LogP contribution is 2.27. The number of nitrogens with one attached hydrogen (secondary N) is 1. The van der Waals surface area contributed by atoms with Crippen molar-refractivity contribution in [3.8, 4) is 6.07 Å². The third kappa shape index (κ3) is 2.46. The van der Waals surface area contributed by atoms with Crippen molar-refractivity contribution >= 4 is 17.3 Å². The molecule has 0 aliphatic rings. The standard InChI is InChI=1S/C13H14N6/c1-9-12(18-15)16-8-17-13(9)19(2)11-5-3-10(7-14)4-6-11/h3-6,8H,15H2,1-2H3,(H,16,17,18). The molecule has 1 aromatic carbocycles. The van der Waals surface area contributed by atoms with E-state index in [0.717, 1.165) is 17.1 Å². The first kappa shape index (κ1) is 12.8. The van der Waals surface area contributed by atoms with E-state index in [-0.39, 0.29) is 0 Å². The number of aromatic nitrogens is 2. The molecule has 1 heterocycles. The molecule has 6 heteroatoms. The van der Waals surface area contributed by atoms with Crippen molar-refractivity contribution in [2.45, 2.75) is 6.92 Å². The highest BCUT2D eigenvalue weighted by molar-refractivity contribution is 5.66. The number of nitrogens with zero attached hydrogens (tertiary/aromatic N) is 4. The quantitative estimate of drug-likeness (QED) is 0.640. The van der Waals surface area contributed by atoms with Gasteiger partial charge in [0.25, 0.3) is 0 Å². The Bertz CT molecular complexity index is 614. The van der Waals surface area contributed by atoms with Gasteiger partial charge in [-0.2, -0.15) is 5.26 Å². The molecule has 2 rings (SSSR count). The summed E-state index contributed by atoms with van der Waals surface area (Å²) in [6.45, 7) is 1.89. The molecule has 1 aromatic heterocycles. The van der Waals surface area contributed by atoms with Gasteiger partial charge in [-0.3, -0.25) is 0 Å². The SMILES string of the molecule is Cc1c(NN)ncnc1N(C)c1ccc(C#N)cc1. The fraction of sp³-hybridized carbons (Fsp3) is 0.154. The number of nitriles is 1. The molecule has 6 nitrogen and oxygen atoms in total. The van der Waals surface area contributed by atoms with Gasteiger partial charge in [-0.15, -0.1) is 0 Å². The largest absolute Gasteiger partial charge is 0.329 e. The lowest BCUT2D eigenvalue weighted by Crippen LogP contribution is -2.16. The zero-order valence-electron chi connectivity index (χ0n) is 10.8. The molecule has 96 valence electrons. The summed E-state index contributed by atoms with van der Waals surface area (Å²) in [6.07, 6.45) is 1.46. The van der Waals surface area contributed by atoms with Crippen LogP contribution in [0.4, 0.5) is 17.3 Å². The van der Waals surface area contributed by atoms with E-state index in [1.807, 2.05) is 31.0 Å². The number of nitrogen functional groups attached to an aromatic ring is 1. The molecular formula is C13H14N6. The normalized spacial score (nSPS) is 9.79. The Kier molecular flexibility index (Phi) is 3.59. The summed E-state index contributed by atoms with van der Waals surface area (Å²) < 4.78 is 0. The van der Waals surface area contributed by atoms with E-state index < -0.39 is 0 Å². The van der Waals surface area contributed by atoms with Crippen LogP contribution >= 0.6 is 0 Å². The Hall–Kier alpha value is -2.65. The maximum Gasteiger partial charge on any atom is 0.148 e. The van der Waals surface area contributed by atoms with E-state index in [9.17, 15) is 0 Å². The summed E-state index contributed by atoms with van der Waals surface area (Å²) in [4.78, 5) is 10.2. The number of hydrazine groups is 1. The number of rotatable bonds is 3. The van der Waals surface area contributed by atoms with Crippen LogP contribution < -0.4 is 16.2 Å². The minimum Gasteiger partial charge on any atom is -0.329 e. The molecule has 3 N–H and O–H groups in total. The van der Waals surface area contributed by atoms with E-state index in [1.165, 1.54) is 6.33 Å². The average Bonchev–Trinajstić information content (AvgIpc) is 2.47. The molecule has 0 saturated carbocycles. The predicted molar refractivity (Wildman–Crippen MR) is 73.8 cm³/mol. The van der Waals surface area contributed by atoms with E-state index in [0.29, 0.717) is 11.4 Å². The van der Waals surface area contributed by atoms with Crippen molar-refractivity contribution in [3.05, 3.63) is 41.7 Å².